The van der Waals surface area contributed by atoms with Crippen LogP contribution in [0.5, 0.6) is 0 Å². The normalized spacial score (nSPS) is 10.3. The second-order valence-corrected chi connectivity index (χ2v) is 3.35. The lowest BCUT2D eigenvalue weighted by molar-refractivity contribution is 0.689. The first-order valence-corrected chi connectivity index (χ1v) is 4.86. The lowest BCUT2D eigenvalue weighted by Gasteiger charge is -2.02. The lowest BCUT2D eigenvalue weighted by Crippen LogP contribution is -2.24. The summed E-state index contributed by atoms with van der Waals surface area (Å²) in [5.41, 5.74) is 6.65. The minimum atomic E-state index is 0.695. The molecule has 0 unspecified atom stereocenters. The van der Waals surface area contributed by atoms with Gasteiger partial charge in [-0.25, -0.2) is 0 Å². The molecule has 0 spiro atoms. The molecule has 0 radical (unpaired) electrons. The van der Waals surface area contributed by atoms with Crippen LogP contribution in [0.4, 0.5) is 0 Å². The van der Waals surface area contributed by atoms with Crippen molar-refractivity contribution in [1.82, 2.24) is 5.32 Å². The zero-order chi connectivity index (χ0) is 9.52. The van der Waals surface area contributed by atoms with Crippen LogP contribution in [0, 0.1) is 0 Å². The highest BCUT2D eigenvalue weighted by molar-refractivity contribution is 6.30. The minimum absolute atomic E-state index is 0.695. The summed E-state index contributed by atoms with van der Waals surface area (Å²) in [7, 11) is 0. The van der Waals surface area contributed by atoms with E-state index in [2.05, 4.69) is 5.32 Å². The van der Waals surface area contributed by atoms with Crippen molar-refractivity contribution in [2.24, 2.45) is 5.73 Å². The van der Waals surface area contributed by atoms with Crippen LogP contribution in [0.15, 0.2) is 24.3 Å². The Bertz CT molecular complexity index is 233. The molecule has 0 saturated carbocycles. The molecule has 1 aromatic carbocycles. The molecule has 0 saturated heterocycles. The maximum absolute atomic E-state index is 5.76. The Hall–Kier alpha value is -0.570. The fourth-order valence-corrected chi connectivity index (χ4v) is 1.24. The number of hydrogen-bond donors (Lipinski definition) is 2. The third kappa shape index (κ3) is 4.27. The molecule has 0 bridgehead atoms. The van der Waals surface area contributed by atoms with Gasteiger partial charge in [-0.05, 0) is 30.7 Å². The van der Waals surface area contributed by atoms with Crippen LogP contribution in [0.3, 0.4) is 0 Å². The van der Waals surface area contributed by atoms with Crippen molar-refractivity contribution >= 4 is 11.6 Å². The van der Waals surface area contributed by atoms with Crippen LogP contribution < -0.4 is 11.1 Å². The van der Waals surface area contributed by atoms with E-state index in [0.717, 1.165) is 24.5 Å². The summed E-state index contributed by atoms with van der Waals surface area (Å²) >= 11 is 5.76. The van der Waals surface area contributed by atoms with Crippen molar-refractivity contribution in [1.29, 1.82) is 0 Å². The van der Waals surface area contributed by atoms with Gasteiger partial charge in [0.15, 0.2) is 0 Å². The maximum Gasteiger partial charge on any atom is 0.0406 e. The molecule has 3 N–H and O–H groups in total. The number of rotatable bonds is 5. The molecule has 0 aliphatic heterocycles. The predicted octanol–water partition coefficient (Wildman–Crippen LogP) is 1.43. The third-order valence-electron chi connectivity index (χ3n) is 1.82. The van der Waals surface area contributed by atoms with Crippen molar-refractivity contribution in [3.05, 3.63) is 34.9 Å². The molecule has 2 nitrogen and oxygen atoms in total. The Morgan fingerprint density at radius 2 is 1.85 bits per heavy atom. The van der Waals surface area contributed by atoms with Crippen molar-refractivity contribution < 1.29 is 0 Å². The molecule has 0 atom stereocenters. The van der Waals surface area contributed by atoms with Gasteiger partial charge >= 0.3 is 0 Å². The third-order valence-corrected chi connectivity index (χ3v) is 2.08. The molecule has 0 amide bonds. The Kier molecular flexibility index (Phi) is 4.83. The molecule has 1 rings (SSSR count). The minimum Gasteiger partial charge on any atom is -0.329 e. The molecule has 0 heterocycles. The van der Waals surface area contributed by atoms with Gasteiger partial charge < -0.3 is 11.1 Å². The summed E-state index contributed by atoms with van der Waals surface area (Å²) in [5, 5.41) is 4.03. The highest BCUT2D eigenvalue weighted by atomic mass is 35.5. The molecular weight excluding hydrogens is 184 g/mol. The van der Waals surface area contributed by atoms with Gasteiger partial charge in [-0.15, -0.1) is 0 Å². The molecular formula is C10H15ClN2. The van der Waals surface area contributed by atoms with Gasteiger partial charge in [0.25, 0.3) is 0 Å². The molecule has 0 aromatic heterocycles. The summed E-state index contributed by atoms with van der Waals surface area (Å²) in [6.07, 6.45) is 1.02. The van der Waals surface area contributed by atoms with Crippen molar-refractivity contribution in [2.45, 2.75) is 6.42 Å². The molecule has 0 aliphatic carbocycles. The number of halogens is 1. The molecule has 13 heavy (non-hydrogen) atoms. The molecule has 0 fully saturated rings. The summed E-state index contributed by atoms with van der Waals surface area (Å²) in [4.78, 5) is 0. The number of hydrogen-bond acceptors (Lipinski definition) is 2. The Balaban J connectivity index is 2.25. The van der Waals surface area contributed by atoms with E-state index in [1.54, 1.807) is 0 Å². The van der Waals surface area contributed by atoms with Gasteiger partial charge in [0.1, 0.15) is 0 Å². The van der Waals surface area contributed by atoms with Gasteiger partial charge in [-0.1, -0.05) is 23.7 Å². The Morgan fingerprint density at radius 1 is 1.15 bits per heavy atom. The van der Waals surface area contributed by atoms with Gasteiger partial charge in [0, 0.05) is 18.1 Å². The topological polar surface area (TPSA) is 38.0 Å². The molecule has 3 heteroatoms. The van der Waals surface area contributed by atoms with Crippen LogP contribution >= 0.6 is 11.6 Å². The fourth-order valence-electron chi connectivity index (χ4n) is 1.11. The van der Waals surface area contributed by atoms with Gasteiger partial charge in [-0.2, -0.15) is 0 Å². The fraction of sp³-hybridized carbons (Fsp3) is 0.400. The number of nitrogens with two attached hydrogens (primary N) is 1. The summed E-state index contributed by atoms with van der Waals surface area (Å²) in [6, 6.07) is 7.93. The summed E-state index contributed by atoms with van der Waals surface area (Å²) < 4.78 is 0. The first-order valence-electron chi connectivity index (χ1n) is 4.48. The Morgan fingerprint density at radius 3 is 2.46 bits per heavy atom. The second kappa shape index (κ2) is 5.97. The monoisotopic (exact) mass is 198 g/mol. The van der Waals surface area contributed by atoms with E-state index in [0.29, 0.717) is 6.54 Å². The Labute approximate surface area is 84.1 Å². The molecule has 0 aliphatic rings. The van der Waals surface area contributed by atoms with Crippen LogP contribution in [0.25, 0.3) is 0 Å². The van der Waals surface area contributed by atoms with Crippen LogP contribution in [0.1, 0.15) is 5.56 Å². The zero-order valence-corrected chi connectivity index (χ0v) is 8.35. The number of benzene rings is 1. The standard InChI is InChI=1S/C10H15ClN2/c11-10-3-1-9(2-4-10)5-7-13-8-6-12/h1-4,13H,5-8,12H2. The van der Waals surface area contributed by atoms with E-state index in [9.17, 15) is 0 Å². The van der Waals surface area contributed by atoms with E-state index in [-0.39, 0.29) is 0 Å². The maximum atomic E-state index is 5.76. The van der Waals surface area contributed by atoms with E-state index in [1.807, 2.05) is 24.3 Å². The summed E-state index contributed by atoms with van der Waals surface area (Å²) in [5.74, 6) is 0. The van der Waals surface area contributed by atoms with Crippen molar-refractivity contribution in [3.8, 4) is 0 Å². The predicted molar refractivity (Wildman–Crippen MR) is 57.1 cm³/mol. The van der Waals surface area contributed by atoms with Crippen LogP contribution in [0.2, 0.25) is 5.02 Å². The molecule has 72 valence electrons. The molecule has 1 aromatic rings. The van der Waals surface area contributed by atoms with E-state index >= 15 is 0 Å². The van der Waals surface area contributed by atoms with Gasteiger partial charge in [0.2, 0.25) is 0 Å². The van der Waals surface area contributed by atoms with Crippen LogP contribution in [-0.4, -0.2) is 19.6 Å². The zero-order valence-electron chi connectivity index (χ0n) is 7.59. The van der Waals surface area contributed by atoms with E-state index in [4.69, 9.17) is 17.3 Å². The smallest absolute Gasteiger partial charge is 0.0406 e. The highest BCUT2D eigenvalue weighted by Crippen LogP contribution is 2.09. The van der Waals surface area contributed by atoms with Crippen LogP contribution in [-0.2, 0) is 6.42 Å². The highest BCUT2D eigenvalue weighted by Gasteiger charge is 1.92. The largest absolute Gasteiger partial charge is 0.329 e. The van der Waals surface area contributed by atoms with E-state index < -0.39 is 0 Å². The quantitative estimate of drug-likeness (QED) is 0.703. The first kappa shape index (κ1) is 10.5. The average molecular weight is 199 g/mol. The van der Waals surface area contributed by atoms with Crippen molar-refractivity contribution in [2.75, 3.05) is 19.6 Å². The number of nitrogens with one attached hydrogen (secondary N) is 1. The summed E-state index contributed by atoms with van der Waals surface area (Å²) in [6.45, 7) is 2.55. The second-order valence-electron chi connectivity index (χ2n) is 2.92. The van der Waals surface area contributed by atoms with Gasteiger partial charge in [-0.3, -0.25) is 0 Å². The van der Waals surface area contributed by atoms with Crippen molar-refractivity contribution in [3.63, 3.8) is 0 Å². The SMILES string of the molecule is NCCNCCc1ccc(Cl)cc1. The average Bonchev–Trinajstić information content (AvgIpc) is 2.15. The van der Waals surface area contributed by atoms with E-state index in [1.165, 1.54) is 5.56 Å². The first-order chi connectivity index (χ1) is 6.33. The lowest BCUT2D eigenvalue weighted by atomic mass is 10.1. The van der Waals surface area contributed by atoms with Gasteiger partial charge in [0.05, 0.1) is 0 Å².